The van der Waals surface area contributed by atoms with Crippen molar-refractivity contribution in [1.29, 1.82) is 0 Å². The Morgan fingerprint density at radius 3 is 2.59 bits per heavy atom. The van der Waals surface area contributed by atoms with E-state index in [0.717, 1.165) is 0 Å². The molecule has 1 saturated heterocycles. The molecule has 2 rings (SSSR count). The van der Waals surface area contributed by atoms with Crippen LogP contribution in [-0.2, 0) is 25.3 Å². The predicted octanol–water partition coefficient (Wildman–Crippen LogP) is 0.125. The van der Waals surface area contributed by atoms with E-state index in [4.69, 9.17) is 4.74 Å². The van der Waals surface area contributed by atoms with E-state index < -0.39 is 10.0 Å². The van der Waals surface area contributed by atoms with Crippen molar-refractivity contribution in [3.8, 4) is 0 Å². The second-order valence-corrected chi connectivity index (χ2v) is 7.95. The standard InChI is InChI=1S/C15H25N5O5S.HI/c1-12(14(21)24-3)10-17-15(16-2)19-5-7-20(8-6-19)26(22,23)11-13-4-9-25-18-13;/h4,9,12H,5-8,10-11H2,1-3H3,(H,16,17);1H. The van der Waals surface area contributed by atoms with E-state index in [0.29, 0.717) is 44.4 Å². The molecule has 1 N–H and O–H groups in total. The molecule has 1 atom stereocenters. The SMILES string of the molecule is CN=C(NCC(C)C(=O)OC)N1CCN(S(=O)(=O)Cc2ccon2)CC1.I. The van der Waals surface area contributed by atoms with Gasteiger partial charge in [-0.25, -0.2) is 8.42 Å². The van der Waals surface area contributed by atoms with Gasteiger partial charge in [0.1, 0.15) is 12.0 Å². The van der Waals surface area contributed by atoms with Crippen LogP contribution in [0.4, 0.5) is 0 Å². The van der Waals surface area contributed by atoms with Crippen LogP contribution in [0.3, 0.4) is 0 Å². The van der Waals surface area contributed by atoms with E-state index in [2.05, 4.69) is 20.0 Å². The predicted molar refractivity (Wildman–Crippen MR) is 110 cm³/mol. The molecule has 0 aliphatic carbocycles. The summed E-state index contributed by atoms with van der Waals surface area (Å²) in [6.07, 6.45) is 1.35. The van der Waals surface area contributed by atoms with Gasteiger partial charge in [-0.15, -0.1) is 24.0 Å². The molecular formula is C15H26IN5O5S. The number of carbonyl (C=O) groups excluding carboxylic acids is 1. The molecule has 154 valence electrons. The second-order valence-electron chi connectivity index (χ2n) is 5.99. The van der Waals surface area contributed by atoms with Crippen molar-refractivity contribution in [1.82, 2.24) is 19.7 Å². The highest BCUT2D eigenvalue weighted by Crippen LogP contribution is 2.13. The number of methoxy groups -OCH3 is 1. The maximum absolute atomic E-state index is 12.5. The molecule has 27 heavy (non-hydrogen) atoms. The maximum atomic E-state index is 12.5. The summed E-state index contributed by atoms with van der Waals surface area (Å²) in [4.78, 5) is 17.6. The highest BCUT2D eigenvalue weighted by Gasteiger charge is 2.29. The van der Waals surface area contributed by atoms with Crippen LogP contribution in [0.15, 0.2) is 21.8 Å². The van der Waals surface area contributed by atoms with Crippen molar-refractivity contribution < 1.29 is 22.5 Å². The van der Waals surface area contributed by atoms with Crippen molar-refractivity contribution in [2.45, 2.75) is 12.7 Å². The number of aromatic nitrogens is 1. The average Bonchev–Trinajstić information content (AvgIpc) is 3.14. The molecule has 0 bridgehead atoms. The summed E-state index contributed by atoms with van der Waals surface area (Å²) < 4.78 is 35.7. The Morgan fingerprint density at radius 2 is 2.07 bits per heavy atom. The minimum absolute atomic E-state index is 0. The van der Waals surface area contributed by atoms with Gasteiger partial charge >= 0.3 is 5.97 Å². The number of guanidine groups is 1. The smallest absolute Gasteiger partial charge is 0.310 e. The normalized spacial score (nSPS) is 17.1. The number of rotatable bonds is 6. The number of halogens is 1. The zero-order valence-corrected chi connectivity index (χ0v) is 18.8. The third kappa shape index (κ3) is 6.60. The number of hydrogen-bond acceptors (Lipinski definition) is 7. The molecule has 1 aromatic heterocycles. The number of nitrogens with one attached hydrogen (secondary N) is 1. The molecule has 2 heterocycles. The van der Waals surface area contributed by atoms with Crippen LogP contribution in [0.25, 0.3) is 0 Å². The lowest BCUT2D eigenvalue weighted by molar-refractivity contribution is -0.144. The van der Waals surface area contributed by atoms with Crippen molar-refractivity contribution in [3.05, 3.63) is 18.0 Å². The second kappa shape index (κ2) is 10.8. The van der Waals surface area contributed by atoms with Gasteiger partial charge in [-0.2, -0.15) is 4.31 Å². The molecule has 1 fully saturated rings. The van der Waals surface area contributed by atoms with Gasteiger partial charge in [0.2, 0.25) is 10.0 Å². The lowest BCUT2D eigenvalue weighted by Gasteiger charge is -2.35. The van der Waals surface area contributed by atoms with Crippen LogP contribution >= 0.6 is 24.0 Å². The molecule has 1 unspecified atom stereocenters. The first-order valence-electron chi connectivity index (χ1n) is 8.28. The maximum Gasteiger partial charge on any atom is 0.310 e. The summed E-state index contributed by atoms with van der Waals surface area (Å²) in [6.45, 7) is 3.88. The molecule has 0 spiro atoms. The minimum atomic E-state index is -3.44. The molecular weight excluding hydrogens is 489 g/mol. The summed E-state index contributed by atoms with van der Waals surface area (Å²) >= 11 is 0. The van der Waals surface area contributed by atoms with Crippen LogP contribution in [0.2, 0.25) is 0 Å². The van der Waals surface area contributed by atoms with Crippen molar-refractivity contribution in [3.63, 3.8) is 0 Å². The third-order valence-electron chi connectivity index (χ3n) is 4.13. The Labute approximate surface area is 176 Å². The molecule has 0 radical (unpaired) electrons. The monoisotopic (exact) mass is 515 g/mol. The van der Waals surface area contributed by atoms with Gasteiger partial charge in [0, 0.05) is 45.8 Å². The van der Waals surface area contributed by atoms with E-state index in [1.54, 1.807) is 20.0 Å². The van der Waals surface area contributed by atoms with E-state index in [-0.39, 0.29) is 41.6 Å². The molecule has 0 amide bonds. The van der Waals surface area contributed by atoms with E-state index >= 15 is 0 Å². The van der Waals surface area contributed by atoms with Crippen molar-refractivity contribution in [2.75, 3.05) is 46.9 Å². The van der Waals surface area contributed by atoms with Gasteiger partial charge < -0.3 is 19.5 Å². The van der Waals surface area contributed by atoms with Crippen molar-refractivity contribution >= 4 is 45.9 Å². The molecule has 0 saturated carbocycles. The largest absolute Gasteiger partial charge is 0.469 e. The fourth-order valence-corrected chi connectivity index (χ4v) is 4.05. The van der Waals surface area contributed by atoms with Gasteiger partial charge in [0.05, 0.1) is 18.7 Å². The number of sulfonamides is 1. The van der Waals surface area contributed by atoms with Crippen LogP contribution in [0.5, 0.6) is 0 Å². The van der Waals surface area contributed by atoms with Gasteiger partial charge in [-0.1, -0.05) is 12.1 Å². The summed E-state index contributed by atoms with van der Waals surface area (Å²) in [5.41, 5.74) is 0.390. The number of esters is 1. The summed E-state index contributed by atoms with van der Waals surface area (Å²) in [5.74, 6) is -0.139. The Balaban J connectivity index is 0.00000364. The number of aliphatic imine (C=N–C) groups is 1. The zero-order chi connectivity index (χ0) is 19.2. The topological polar surface area (TPSA) is 117 Å². The number of ether oxygens (including phenoxy) is 1. The van der Waals surface area contributed by atoms with Gasteiger partial charge in [0.15, 0.2) is 5.96 Å². The van der Waals surface area contributed by atoms with Crippen LogP contribution < -0.4 is 5.32 Å². The zero-order valence-electron chi connectivity index (χ0n) is 15.6. The third-order valence-corrected chi connectivity index (χ3v) is 5.95. The highest BCUT2D eigenvalue weighted by atomic mass is 127. The summed E-state index contributed by atoms with van der Waals surface area (Å²) in [6, 6.07) is 1.54. The van der Waals surface area contributed by atoms with Gasteiger partial charge in [-0.05, 0) is 0 Å². The molecule has 1 aliphatic rings. The fourth-order valence-electron chi connectivity index (χ4n) is 2.63. The van der Waals surface area contributed by atoms with Crippen LogP contribution in [0.1, 0.15) is 12.6 Å². The number of carbonyl (C=O) groups is 1. The quantitative estimate of drug-likeness (QED) is 0.246. The van der Waals surface area contributed by atoms with Gasteiger partial charge in [0.25, 0.3) is 0 Å². The Kier molecular flexibility index (Phi) is 9.45. The Morgan fingerprint density at radius 1 is 1.41 bits per heavy atom. The summed E-state index contributed by atoms with van der Waals surface area (Å²) in [5, 5.41) is 6.79. The average molecular weight is 515 g/mol. The lowest BCUT2D eigenvalue weighted by Crippen LogP contribution is -2.54. The summed E-state index contributed by atoms with van der Waals surface area (Å²) in [7, 11) is -0.435. The van der Waals surface area contributed by atoms with Gasteiger partial charge in [-0.3, -0.25) is 9.79 Å². The van der Waals surface area contributed by atoms with E-state index in [9.17, 15) is 13.2 Å². The first-order valence-corrected chi connectivity index (χ1v) is 9.88. The first-order chi connectivity index (χ1) is 12.4. The fraction of sp³-hybridized carbons (Fsp3) is 0.667. The van der Waals surface area contributed by atoms with Crippen molar-refractivity contribution in [2.24, 2.45) is 10.9 Å². The highest BCUT2D eigenvalue weighted by molar-refractivity contribution is 14.0. The Hall–Kier alpha value is -1.41. The number of piperazine rings is 1. The molecule has 10 nitrogen and oxygen atoms in total. The minimum Gasteiger partial charge on any atom is -0.469 e. The first kappa shape index (κ1) is 23.6. The van der Waals surface area contributed by atoms with Crippen LogP contribution in [-0.4, -0.2) is 81.6 Å². The molecule has 0 aromatic carbocycles. The number of hydrogen-bond donors (Lipinski definition) is 1. The van der Waals surface area contributed by atoms with E-state index in [1.165, 1.54) is 17.7 Å². The molecule has 1 aromatic rings. The van der Waals surface area contributed by atoms with E-state index in [1.807, 2.05) is 4.90 Å². The number of nitrogens with zero attached hydrogens (tertiary/aromatic N) is 4. The van der Waals surface area contributed by atoms with Crippen LogP contribution in [0, 0.1) is 5.92 Å². The molecule has 12 heteroatoms. The molecule has 1 aliphatic heterocycles. The Bertz CT molecular complexity index is 717. The lowest BCUT2D eigenvalue weighted by atomic mass is 10.2.